The van der Waals surface area contributed by atoms with Crippen LogP contribution in [0.15, 0.2) is 36.0 Å². The molecule has 0 bridgehead atoms. The van der Waals surface area contributed by atoms with Crippen molar-refractivity contribution in [1.82, 2.24) is 5.32 Å². The van der Waals surface area contributed by atoms with Gasteiger partial charge in [-0.1, -0.05) is 6.07 Å². The van der Waals surface area contributed by atoms with Gasteiger partial charge in [0.2, 0.25) is 0 Å². The van der Waals surface area contributed by atoms with Crippen LogP contribution < -0.4 is 10.6 Å². The summed E-state index contributed by atoms with van der Waals surface area (Å²) in [6.45, 7) is 1.35. The Morgan fingerprint density at radius 3 is 2.70 bits per heavy atom. The molecule has 6 nitrogen and oxygen atoms in total. The molecule has 2 amide bonds. The van der Waals surface area contributed by atoms with Crippen LogP contribution in [0, 0.1) is 0 Å². The number of anilines is 1. The van der Waals surface area contributed by atoms with Gasteiger partial charge in [-0.3, -0.25) is 0 Å². The quantitative estimate of drug-likeness (QED) is 0.789. The van der Waals surface area contributed by atoms with E-state index in [1.165, 1.54) is 12.1 Å². The summed E-state index contributed by atoms with van der Waals surface area (Å²) in [5.41, 5.74) is 1.70. The van der Waals surface area contributed by atoms with Gasteiger partial charge in [-0.05, 0) is 36.6 Å². The van der Waals surface area contributed by atoms with Crippen molar-refractivity contribution in [3.8, 4) is 0 Å². The maximum absolute atomic E-state index is 11.7. The van der Waals surface area contributed by atoms with Gasteiger partial charge in [-0.25, -0.2) is 9.59 Å². The van der Waals surface area contributed by atoms with E-state index < -0.39 is 12.0 Å². The highest BCUT2D eigenvalue weighted by Crippen LogP contribution is 2.12. The number of carbonyl (C=O) groups is 2. The van der Waals surface area contributed by atoms with E-state index in [9.17, 15) is 9.59 Å². The van der Waals surface area contributed by atoms with Crippen LogP contribution in [0.4, 0.5) is 10.5 Å². The molecule has 1 aromatic carbocycles. The first-order chi connectivity index (χ1) is 9.65. The summed E-state index contributed by atoms with van der Waals surface area (Å²) in [7, 11) is 0. The fourth-order valence-electron chi connectivity index (χ4n) is 1.84. The summed E-state index contributed by atoms with van der Waals surface area (Å²) >= 11 is 0. The van der Waals surface area contributed by atoms with Crippen molar-refractivity contribution >= 4 is 17.7 Å². The van der Waals surface area contributed by atoms with E-state index >= 15 is 0 Å². The first-order valence-corrected chi connectivity index (χ1v) is 6.32. The predicted molar refractivity (Wildman–Crippen MR) is 73.7 cm³/mol. The van der Waals surface area contributed by atoms with Crippen LogP contribution in [0.5, 0.6) is 0 Å². The summed E-state index contributed by atoms with van der Waals surface area (Å²) in [4.78, 5) is 22.5. The van der Waals surface area contributed by atoms with Crippen molar-refractivity contribution in [2.45, 2.75) is 12.8 Å². The van der Waals surface area contributed by atoms with Crippen LogP contribution in [-0.4, -0.2) is 30.3 Å². The summed E-state index contributed by atoms with van der Waals surface area (Å²) < 4.78 is 5.21. The molecule has 1 aliphatic rings. The van der Waals surface area contributed by atoms with Crippen molar-refractivity contribution < 1.29 is 19.4 Å². The Hall–Kier alpha value is -2.34. The van der Waals surface area contributed by atoms with Crippen molar-refractivity contribution in [2.24, 2.45) is 0 Å². The van der Waals surface area contributed by atoms with Gasteiger partial charge in [0.1, 0.15) is 0 Å². The Bertz CT molecular complexity index is 532. The second-order valence-corrected chi connectivity index (χ2v) is 4.40. The highest BCUT2D eigenvalue weighted by molar-refractivity contribution is 5.93. The molecule has 1 saturated heterocycles. The topological polar surface area (TPSA) is 87.7 Å². The van der Waals surface area contributed by atoms with Crippen LogP contribution in [0.3, 0.4) is 0 Å². The smallest absolute Gasteiger partial charge is 0.335 e. The van der Waals surface area contributed by atoms with Gasteiger partial charge < -0.3 is 20.5 Å². The van der Waals surface area contributed by atoms with E-state index in [0.717, 1.165) is 18.4 Å². The number of hydrogen-bond acceptors (Lipinski definition) is 3. The van der Waals surface area contributed by atoms with E-state index in [2.05, 4.69) is 10.6 Å². The number of amides is 2. The first-order valence-electron chi connectivity index (χ1n) is 6.32. The Morgan fingerprint density at radius 1 is 1.25 bits per heavy atom. The first kappa shape index (κ1) is 14.1. The second-order valence-electron chi connectivity index (χ2n) is 4.40. The largest absolute Gasteiger partial charge is 0.478 e. The summed E-state index contributed by atoms with van der Waals surface area (Å²) in [6, 6.07) is 5.69. The third-order valence-electron chi connectivity index (χ3n) is 2.91. The molecule has 3 N–H and O–H groups in total. The Morgan fingerprint density at radius 2 is 2.00 bits per heavy atom. The van der Waals surface area contributed by atoms with E-state index in [0.29, 0.717) is 18.9 Å². The van der Waals surface area contributed by atoms with Crippen molar-refractivity contribution in [3.05, 3.63) is 41.6 Å². The van der Waals surface area contributed by atoms with Gasteiger partial charge in [-0.2, -0.15) is 0 Å². The lowest BCUT2D eigenvalue weighted by Crippen LogP contribution is -2.25. The fraction of sp³-hybridized carbons (Fsp3) is 0.286. The molecule has 1 heterocycles. The molecule has 0 aromatic heterocycles. The zero-order valence-corrected chi connectivity index (χ0v) is 10.9. The fourth-order valence-corrected chi connectivity index (χ4v) is 1.84. The van der Waals surface area contributed by atoms with Crippen molar-refractivity contribution in [2.75, 3.05) is 18.5 Å². The van der Waals surface area contributed by atoms with Gasteiger partial charge in [0, 0.05) is 11.9 Å². The lowest BCUT2D eigenvalue weighted by atomic mass is 10.1. The van der Waals surface area contributed by atoms with Crippen LogP contribution in [0.1, 0.15) is 23.2 Å². The molecule has 0 spiro atoms. The maximum Gasteiger partial charge on any atom is 0.335 e. The molecule has 0 saturated carbocycles. The number of aromatic carboxylic acids is 1. The SMILES string of the molecule is O=C(NC=C1CCOCC1)Nc1cccc(C(=O)O)c1. The number of ether oxygens (including phenoxy) is 1. The van der Waals surface area contributed by atoms with E-state index in [1.807, 2.05) is 0 Å². The Kier molecular flexibility index (Phi) is 4.73. The standard InChI is InChI=1S/C14H16N2O4/c17-13(18)11-2-1-3-12(8-11)16-14(19)15-9-10-4-6-20-7-5-10/h1-3,8-9H,4-7H2,(H,17,18)(H2,15,16,19). The summed E-state index contributed by atoms with van der Waals surface area (Å²) in [5.74, 6) is -1.03. The molecule has 1 aromatic rings. The maximum atomic E-state index is 11.7. The molecular weight excluding hydrogens is 260 g/mol. The number of benzene rings is 1. The Labute approximate surface area is 116 Å². The molecule has 0 radical (unpaired) electrons. The molecule has 1 aliphatic heterocycles. The average Bonchev–Trinajstić information content (AvgIpc) is 2.46. The van der Waals surface area contributed by atoms with Gasteiger partial charge in [-0.15, -0.1) is 0 Å². The van der Waals surface area contributed by atoms with Gasteiger partial charge in [0.15, 0.2) is 0 Å². The molecule has 0 aliphatic carbocycles. The zero-order chi connectivity index (χ0) is 14.4. The van der Waals surface area contributed by atoms with Crippen LogP contribution in [0.2, 0.25) is 0 Å². The van der Waals surface area contributed by atoms with E-state index in [4.69, 9.17) is 9.84 Å². The highest BCUT2D eigenvalue weighted by atomic mass is 16.5. The highest BCUT2D eigenvalue weighted by Gasteiger charge is 2.07. The van der Waals surface area contributed by atoms with Crippen LogP contribution in [-0.2, 0) is 4.74 Å². The van der Waals surface area contributed by atoms with E-state index in [-0.39, 0.29) is 5.56 Å². The number of carboxylic acid groups (broad SMARTS) is 1. The van der Waals surface area contributed by atoms with Crippen LogP contribution in [0.25, 0.3) is 0 Å². The minimum atomic E-state index is -1.03. The number of hydrogen-bond donors (Lipinski definition) is 3. The van der Waals surface area contributed by atoms with Crippen LogP contribution >= 0.6 is 0 Å². The average molecular weight is 276 g/mol. The lowest BCUT2D eigenvalue weighted by Gasteiger charge is -2.14. The summed E-state index contributed by atoms with van der Waals surface area (Å²) in [5, 5.41) is 14.1. The third-order valence-corrected chi connectivity index (χ3v) is 2.91. The van der Waals surface area contributed by atoms with Crippen molar-refractivity contribution in [1.29, 1.82) is 0 Å². The number of nitrogens with one attached hydrogen (secondary N) is 2. The van der Waals surface area contributed by atoms with Gasteiger partial charge >= 0.3 is 12.0 Å². The number of carbonyl (C=O) groups excluding carboxylic acids is 1. The number of rotatable bonds is 3. The minimum Gasteiger partial charge on any atom is -0.478 e. The molecule has 20 heavy (non-hydrogen) atoms. The molecule has 106 valence electrons. The molecule has 0 unspecified atom stereocenters. The van der Waals surface area contributed by atoms with Gasteiger partial charge in [0.05, 0.1) is 18.8 Å². The van der Waals surface area contributed by atoms with E-state index in [1.54, 1.807) is 18.3 Å². The molecular formula is C14H16N2O4. The predicted octanol–water partition coefficient (Wildman–Crippen LogP) is 2.20. The molecule has 1 fully saturated rings. The molecule has 0 atom stereocenters. The minimum absolute atomic E-state index is 0.130. The van der Waals surface area contributed by atoms with Gasteiger partial charge in [0.25, 0.3) is 0 Å². The molecule has 2 rings (SSSR count). The monoisotopic (exact) mass is 276 g/mol. The normalized spacial score (nSPS) is 14.5. The molecule has 6 heteroatoms. The lowest BCUT2D eigenvalue weighted by molar-refractivity contribution is 0.0697. The number of urea groups is 1. The zero-order valence-electron chi connectivity index (χ0n) is 10.9. The third kappa shape index (κ3) is 4.10. The number of carboxylic acids is 1. The second kappa shape index (κ2) is 6.72. The Balaban J connectivity index is 1.91. The summed E-state index contributed by atoms with van der Waals surface area (Å²) in [6.07, 6.45) is 3.31. The van der Waals surface area contributed by atoms with Crippen molar-refractivity contribution in [3.63, 3.8) is 0 Å².